The van der Waals surface area contributed by atoms with Gasteiger partial charge in [-0.05, 0) is 19.3 Å². The van der Waals surface area contributed by atoms with E-state index in [9.17, 15) is 14.4 Å². The molecular formula is C13H22N4O4S. The number of carbonyl (C=O) groups is 3. The first-order valence-electron chi connectivity index (χ1n) is 7.28. The fourth-order valence-electron chi connectivity index (χ4n) is 3.38. The number of primary amides is 1. The largest absolute Gasteiger partial charge is 0.394 e. The molecule has 3 atom stereocenters. The maximum atomic E-state index is 12.8. The minimum absolute atomic E-state index is 0.140. The summed E-state index contributed by atoms with van der Waals surface area (Å²) in [5.74, 6) is -1.18. The summed E-state index contributed by atoms with van der Waals surface area (Å²) in [6.45, 7) is 0.309. The summed E-state index contributed by atoms with van der Waals surface area (Å²) >= 11 is 4.08. The zero-order chi connectivity index (χ0) is 16.5. The van der Waals surface area contributed by atoms with Crippen LogP contribution in [0, 0.1) is 0 Å². The average molecular weight is 330 g/mol. The summed E-state index contributed by atoms with van der Waals surface area (Å²) in [6.07, 6.45) is 1.66. The Hall–Kier alpha value is -1.32. The van der Waals surface area contributed by atoms with Crippen molar-refractivity contribution in [2.24, 2.45) is 11.5 Å². The van der Waals surface area contributed by atoms with E-state index in [1.54, 1.807) is 0 Å². The molecule has 2 rings (SSSR count). The Morgan fingerprint density at radius 1 is 1.36 bits per heavy atom. The second kappa shape index (κ2) is 6.43. The molecule has 0 aromatic carbocycles. The normalized spacial score (nSPS) is 27.5. The molecule has 0 saturated carbocycles. The quantitative estimate of drug-likeness (QED) is 0.421. The van der Waals surface area contributed by atoms with Crippen LogP contribution < -0.4 is 11.5 Å². The van der Waals surface area contributed by atoms with Crippen molar-refractivity contribution in [2.75, 3.05) is 25.4 Å². The van der Waals surface area contributed by atoms with Crippen molar-refractivity contribution in [3.63, 3.8) is 0 Å². The highest BCUT2D eigenvalue weighted by Gasteiger charge is 2.56. The summed E-state index contributed by atoms with van der Waals surface area (Å²) in [5.41, 5.74) is 9.98. The number of nitrogens with two attached hydrogens (primary N) is 2. The standard InChI is InChI=1S/C13H22N4O4S/c14-8(6-18)11(20)17-4-1-2-13(17)3-5-16(12(13)21)9(7-22)10(15)19/h8-9,18,22H,1-7,14H2,(H2,15,19)/t8-,9-,13?/m0/s1. The molecule has 0 aliphatic carbocycles. The zero-order valence-electron chi connectivity index (χ0n) is 12.3. The first-order chi connectivity index (χ1) is 10.4. The SMILES string of the molecule is NC(=O)[C@H](CS)N1CCC2(CCCN2C(=O)[C@@H](N)CO)C1=O. The Labute approximate surface area is 134 Å². The molecule has 0 aromatic heterocycles. The number of aliphatic hydroxyl groups excluding tert-OH is 1. The van der Waals surface area contributed by atoms with Crippen molar-refractivity contribution >= 4 is 30.4 Å². The van der Waals surface area contributed by atoms with E-state index in [2.05, 4.69) is 12.6 Å². The van der Waals surface area contributed by atoms with Gasteiger partial charge in [0.1, 0.15) is 17.6 Å². The van der Waals surface area contributed by atoms with Gasteiger partial charge in [-0.1, -0.05) is 0 Å². The van der Waals surface area contributed by atoms with E-state index >= 15 is 0 Å². The highest BCUT2D eigenvalue weighted by atomic mass is 32.1. The Kier molecular flexibility index (Phi) is 4.98. The number of likely N-dealkylation sites (tertiary alicyclic amines) is 2. The van der Waals surface area contributed by atoms with E-state index in [-0.39, 0.29) is 11.7 Å². The van der Waals surface area contributed by atoms with Crippen LogP contribution in [0.1, 0.15) is 19.3 Å². The molecule has 2 heterocycles. The summed E-state index contributed by atoms with van der Waals surface area (Å²) in [4.78, 5) is 39.5. The fraction of sp³-hybridized carbons (Fsp3) is 0.769. The second-order valence-electron chi connectivity index (χ2n) is 5.76. The van der Waals surface area contributed by atoms with E-state index < -0.39 is 36.0 Å². The van der Waals surface area contributed by atoms with Gasteiger partial charge in [-0.2, -0.15) is 12.6 Å². The molecule has 8 nitrogen and oxygen atoms in total. The number of nitrogens with zero attached hydrogens (tertiary/aromatic N) is 2. The Morgan fingerprint density at radius 3 is 2.59 bits per heavy atom. The molecule has 22 heavy (non-hydrogen) atoms. The summed E-state index contributed by atoms with van der Waals surface area (Å²) < 4.78 is 0. The molecule has 0 bridgehead atoms. The number of rotatable bonds is 5. The molecule has 1 unspecified atom stereocenters. The summed E-state index contributed by atoms with van der Waals surface area (Å²) in [7, 11) is 0. The molecular weight excluding hydrogens is 308 g/mol. The van der Waals surface area contributed by atoms with Crippen LogP contribution in [-0.4, -0.2) is 75.7 Å². The van der Waals surface area contributed by atoms with Gasteiger partial charge in [0, 0.05) is 18.8 Å². The fourth-order valence-corrected chi connectivity index (χ4v) is 3.76. The third-order valence-corrected chi connectivity index (χ3v) is 4.92. The number of aliphatic hydroxyl groups is 1. The van der Waals surface area contributed by atoms with Crippen LogP contribution in [0.5, 0.6) is 0 Å². The van der Waals surface area contributed by atoms with Gasteiger partial charge >= 0.3 is 0 Å². The van der Waals surface area contributed by atoms with E-state index in [4.69, 9.17) is 16.6 Å². The topological polar surface area (TPSA) is 130 Å². The van der Waals surface area contributed by atoms with Crippen molar-refractivity contribution in [1.82, 2.24) is 9.80 Å². The maximum Gasteiger partial charge on any atom is 0.249 e. The van der Waals surface area contributed by atoms with Crippen molar-refractivity contribution in [3.05, 3.63) is 0 Å². The molecule has 3 amide bonds. The van der Waals surface area contributed by atoms with E-state index in [0.717, 1.165) is 0 Å². The van der Waals surface area contributed by atoms with Crippen LogP contribution >= 0.6 is 12.6 Å². The van der Waals surface area contributed by atoms with Crippen LogP contribution in [0.25, 0.3) is 0 Å². The predicted octanol–water partition coefficient (Wildman–Crippen LogP) is -2.32. The number of hydrogen-bond donors (Lipinski definition) is 4. The van der Waals surface area contributed by atoms with Gasteiger partial charge in [-0.15, -0.1) is 0 Å². The van der Waals surface area contributed by atoms with Crippen molar-refractivity contribution in [2.45, 2.75) is 36.9 Å². The van der Waals surface area contributed by atoms with Gasteiger partial charge in [0.25, 0.3) is 0 Å². The molecule has 2 saturated heterocycles. The summed E-state index contributed by atoms with van der Waals surface area (Å²) in [5, 5.41) is 9.07. The van der Waals surface area contributed by atoms with Crippen LogP contribution in [0.2, 0.25) is 0 Å². The Bertz CT molecular complexity index is 489. The second-order valence-corrected chi connectivity index (χ2v) is 6.13. The lowest BCUT2D eigenvalue weighted by Gasteiger charge is -2.35. The van der Waals surface area contributed by atoms with Gasteiger partial charge in [0.2, 0.25) is 17.7 Å². The van der Waals surface area contributed by atoms with Crippen LogP contribution in [0.3, 0.4) is 0 Å². The number of amides is 3. The van der Waals surface area contributed by atoms with Gasteiger partial charge < -0.3 is 26.4 Å². The minimum atomic E-state index is -1.03. The minimum Gasteiger partial charge on any atom is -0.394 e. The van der Waals surface area contributed by atoms with Crippen LogP contribution in [0.4, 0.5) is 0 Å². The third-order valence-electron chi connectivity index (χ3n) is 4.57. The van der Waals surface area contributed by atoms with Crippen LogP contribution in [-0.2, 0) is 14.4 Å². The van der Waals surface area contributed by atoms with E-state index in [1.165, 1.54) is 9.80 Å². The third kappa shape index (κ3) is 2.57. The number of hydrogen-bond acceptors (Lipinski definition) is 6. The molecule has 9 heteroatoms. The van der Waals surface area contributed by atoms with E-state index in [1.807, 2.05) is 0 Å². The van der Waals surface area contributed by atoms with Gasteiger partial charge in [0.15, 0.2) is 0 Å². The molecule has 5 N–H and O–H groups in total. The lowest BCUT2D eigenvalue weighted by molar-refractivity contribution is -0.149. The van der Waals surface area contributed by atoms with E-state index in [0.29, 0.717) is 32.4 Å². The Morgan fingerprint density at radius 2 is 2.05 bits per heavy atom. The molecule has 0 aromatic rings. The average Bonchev–Trinajstić information content (AvgIpc) is 3.06. The van der Waals surface area contributed by atoms with Gasteiger partial charge in [-0.25, -0.2) is 0 Å². The highest BCUT2D eigenvalue weighted by molar-refractivity contribution is 7.80. The molecule has 124 valence electrons. The molecule has 0 radical (unpaired) electrons. The molecule has 2 aliphatic rings. The zero-order valence-corrected chi connectivity index (χ0v) is 13.2. The predicted molar refractivity (Wildman–Crippen MR) is 81.9 cm³/mol. The van der Waals surface area contributed by atoms with Crippen molar-refractivity contribution in [1.29, 1.82) is 0 Å². The molecule has 1 spiro atoms. The molecule has 2 aliphatic heterocycles. The van der Waals surface area contributed by atoms with Gasteiger partial charge in [0.05, 0.1) is 6.61 Å². The lowest BCUT2D eigenvalue weighted by Crippen LogP contribution is -2.59. The highest BCUT2D eigenvalue weighted by Crippen LogP contribution is 2.39. The monoisotopic (exact) mass is 330 g/mol. The summed E-state index contributed by atoms with van der Waals surface area (Å²) in [6, 6.07) is -1.81. The van der Waals surface area contributed by atoms with Crippen molar-refractivity contribution in [3.8, 4) is 0 Å². The first-order valence-corrected chi connectivity index (χ1v) is 7.91. The lowest BCUT2D eigenvalue weighted by atomic mass is 9.93. The smallest absolute Gasteiger partial charge is 0.249 e. The van der Waals surface area contributed by atoms with Crippen LogP contribution in [0.15, 0.2) is 0 Å². The number of thiol groups is 1. The number of carbonyl (C=O) groups excluding carboxylic acids is 3. The Balaban J connectivity index is 2.25. The van der Waals surface area contributed by atoms with Crippen molar-refractivity contribution < 1.29 is 19.5 Å². The van der Waals surface area contributed by atoms with Gasteiger partial charge in [-0.3, -0.25) is 14.4 Å². The molecule has 2 fully saturated rings. The maximum absolute atomic E-state index is 12.8. The first kappa shape index (κ1) is 17.0.